The van der Waals surface area contributed by atoms with Gasteiger partial charge in [-0.3, -0.25) is 4.79 Å². The third kappa shape index (κ3) is 2.84. The van der Waals surface area contributed by atoms with Crippen LogP contribution in [0.15, 0.2) is 24.4 Å². The maximum absolute atomic E-state index is 12.0. The van der Waals surface area contributed by atoms with Crippen molar-refractivity contribution in [3.63, 3.8) is 0 Å². The number of aromatic nitrogens is 1. The molecular formula is C12H11ClN2OS. The minimum atomic E-state index is -0.137. The van der Waals surface area contributed by atoms with Gasteiger partial charge in [0.15, 0.2) is 0 Å². The summed E-state index contributed by atoms with van der Waals surface area (Å²) < 4.78 is 0. The van der Waals surface area contributed by atoms with Gasteiger partial charge >= 0.3 is 0 Å². The molecule has 0 radical (unpaired) electrons. The smallest absolute Gasteiger partial charge is 0.257 e. The number of amides is 1. The predicted molar refractivity (Wildman–Crippen MR) is 71.0 cm³/mol. The number of nitrogens with zero attached hydrogens (tertiary/aromatic N) is 1. The Morgan fingerprint density at radius 3 is 2.71 bits per heavy atom. The molecule has 0 saturated heterocycles. The zero-order chi connectivity index (χ0) is 12.4. The van der Waals surface area contributed by atoms with E-state index in [4.69, 9.17) is 11.6 Å². The van der Waals surface area contributed by atoms with Gasteiger partial charge in [-0.15, -0.1) is 11.3 Å². The molecule has 0 aromatic carbocycles. The topological polar surface area (TPSA) is 42.0 Å². The summed E-state index contributed by atoms with van der Waals surface area (Å²) in [4.78, 5) is 18.1. The van der Waals surface area contributed by atoms with Crippen molar-refractivity contribution in [2.24, 2.45) is 0 Å². The SMILES string of the molecule is Cc1cc(C(=O)Nc2ccc(Cl)cn2)c(C)s1. The summed E-state index contributed by atoms with van der Waals surface area (Å²) in [6, 6.07) is 5.25. The molecule has 3 nitrogen and oxygen atoms in total. The van der Waals surface area contributed by atoms with Crippen molar-refractivity contribution in [2.45, 2.75) is 13.8 Å². The molecule has 5 heteroatoms. The van der Waals surface area contributed by atoms with E-state index in [0.717, 1.165) is 9.75 Å². The first kappa shape index (κ1) is 12.1. The van der Waals surface area contributed by atoms with Crippen LogP contribution in [0.3, 0.4) is 0 Å². The number of aryl methyl sites for hydroxylation is 2. The lowest BCUT2D eigenvalue weighted by Gasteiger charge is -2.03. The Bertz CT molecular complexity index is 548. The summed E-state index contributed by atoms with van der Waals surface area (Å²) in [5, 5.41) is 3.28. The number of anilines is 1. The average Bonchev–Trinajstić information content (AvgIpc) is 2.61. The van der Waals surface area contributed by atoms with Crippen LogP contribution in [-0.4, -0.2) is 10.9 Å². The van der Waals surface area contributed by atoms with Crippen molar-refractivity contribution in [3.8, 4) is 0 Å². The maximum atomic E-state index is 12.0. The molecule has 0 aliphatic heterocycles. The molecule has 2 heterocycles. The van der Waals surface area contributed by atoms with Gasteiger partial charge in [0.1, 0.15) is 5.82 Å². The molecular weight excluding hydrogens is 256 g/mol. The zero-order valence-electron chi connectivity index (χ0n) is 9.45. The molecule has 1 amide bonds. The summed E-state index contributed by atoms with van der Waals surface area (Å²) in [6.07, 6.45) is 1.50. The number of halogens is 1. The van der Waals surface area contributed by atoms with E-state index in [9.17, 15) is 4.79 Å². The normalized spacial score (nSPS) is 10.3. The third-order valence-corrected chi connectivity index (χ3v) is 3.44. The molecule has 1 N–H and O–H groups in total. The van der Waals surface area contributed by atoms with E-state index < -0.39 is 0 Å². The number of carbonyl (C=O) groups excluding carboxylic acids is 1. The Labute approximate surface area is 108 Å². The van der Waals surface area contributed by atoms with Crippen molar-refractivity contribution in [2.75, 3.05) is 5.32 Å². The number of hydrogen-bond acceptors (Lipinski definition) is 3. The summed E-state index contributed by atoms with van der Waals surface area (Å²) in [5.41, 5.74) is 0.698. The summed E-state index contributed by atoms with van der Waals surface area (Å²) in [7, 11) is 0. The molecule has 2 aromatic heterocycles. The molecule has 0 atom stereocenters. The first-order valence-electron chi connectivity index (χ1n) is 5.06. The first-order chi connectivity index (χ1) is 8.06. The van der Waals surface area contributed by atoms with E-state index in [0.29, 0.717) is 16.4 Å². The van der Waals surface area contributed by atoms with E-state index in [1.54, 1.807) is 23.5 Å². The van der Waals surface area contributed by atoms with Gasteiger partial charge in [0, 0.05) is 16.0 Å². The fourth-order valence-electron chi connectivity index (χ4n) is 1.49. The Kier molecular flexibility index (Phi) is 3.45. The summed E-state index contributed by atoms with van der Waals surface area (Å²) >= 11 is 7.33. The first-order valence-corrected chi connectivity index (χ1v) is 6.25. The van der Waals surface area contributed by atoms with E-state index in [2.05, 4.69) is 10.3 Å². The molecule has 0 saturated carbocycles. The molecule has 0 aliphatic rings. The van der Waals surface area contributed by atoms with E-state index in [1.807, 2.05) is 19.9 Å². The number of pyridine rings is 1. The fourth-order valence-corrected chi connectivity index (χ4v) is 2.52. The third-order valence-electron chi connectivity index (χ3n) is 2.25. The van der Waals surface area contributed by atoms with E-state index in [1.165, 1.54) is 6.20 Å². The van der Waals surface area contributed by atoms with Gasteiger partial charge in [-0.25, -0.2) is 4.98 Å². The number of rotatable bonds is 2. The second-order valence-electron chi connectivity index (χ2n) is 3.64. The molecule has 0 aliphatic carbocycles. The van der Waals surface area contributed by atoms with Gasteiger partial charge in [0.05, 0.1) is 10.6 Å². The fraction of sp³-hybridized carbons (Fsp3) is 0.167. The largest absolute Gasteiger partial charge is 0.307 e. The molecule has 0 spiro atoms. The highest BCUT2D eigenvalue weighted by Gasteiger charge is 2.12. The van der Waals surface area contributed by atoms with Crippen molar-refractivity contribution in [1.82, 2.24) is 4.98 Å². The van der Waals surface area contributed by atoms with Gasteiger partial charge in [-0.1, -0.05) is 11.6 Å². The number of thiophene rings is 1. The summed E-state index contributed by atoms with van der Waals surface area (Å²) in [5.74, 6) is 0.365. The molecule has 0 bridgehead atoms. The Morgan fingerprint density at radius 1 is 1.41 bits per heavy atom. The molecule has 2 rings (SSSR count). The van der Waals surface area contributed by atoms with Crippen LogP contribution >= 0.6 is 22.9 Å². The monoisotopic (exact) mass is 266 g/mol. The molecule has 0 fully saturated rings. The van der Waals surface area contributed by atoms with Crippen LogP contribution in [0.4, 0.5) is 5.82 Å². The minimum absolute atomic E-state index is 0.137. The predicted octanol–water partition coefficient (Wildman–Crippen LogP) is 3.67. The highest BCUT2D eigenvalue weighted by molar-refractivity contribution is 7.12. The average molecular weight is 267 g/mol. The zero-order valence-corrected chi connectivity index (χ0v) is 11.0. The second-order valence-corrected chi connectivity index (χ2v) is 5.54. The molecule has 2 aromatic rings. The lowest BCUT2D eigenvalue weighted by atomic mass is 10.2. The lowest BCUT2D eigenvalue weighted by Crippen LogP contribution is -2.12. The van der Waals surface area contributed by atoms with Gasteiger partial charge < -0.3 is 5.32 Å². The summed E-state index contributed by atoms with van der Waals surface area (Å²) in [6.45, 7) is 3.91. The van der Waals surface area contributed by atoms with Crippen molar-refractivity contribution in [3.05, 3.63) is 44.7 Å². The molecule has 88 valence electrons. The Morgan fingerprint density at radius 2 is 2.18 bits per heavy atom. The standard InChI is InChI=1S/C12H11ClN2OS/c1-7-5-10(8(2)17-7)12(16)15-11-4-3-9(13)6-14-11/h3-6H,1-2H3,(H,14,15,16). The lowest BCUT2D eigenvalue weighted by molar-refractivity contribution is 0.102. The minimum Gasteiger partial charge on any atom is -0.307 e. The van der Waals surface area contributed by atoms with Gasteiger partial charge in [0.25, 0.3) is 5.91 Å². The number of hydrogen-bond donors (Lipinski definition) is 1. The van der Waals surface area contributed by atoms with Gasteiger partial charge in [0.2, 0.25) is 0 Å². The van der Waals surface area contributed by atoms with Crippen molar-refractivity contribution < 1.29 is 4.79 Å². The highest BCUT2D eigenvalue weighted by Crippen LogP contribution is 2.21. The second kappa shape index (κ2) is 4.85. The van der Waals surface area contributed by atoms with Crippen LogP contribution in [0.25, 0.3) is 0 Å². The van der Waals surface area contributed by atoms with Crippen LogP contribution in [0, 0.1) is 13.8 Å². The van der Waals surface area contributed by atoms with E-state index >= 15 is 0 Å². The number of carbonyl (C=O) groups is 1. The van der Waals surface area contributed by atoms with Gasteiger partial charge in [-0.05, 0) is 32.0 Å². The molecule has 17 heavy (non-hydrogen) atoms. The quantitative estimate of drug-likeness (QED) is 0.901. The molecule has 0 unspecified atom stereocenters. The van der Waals surface area contributed by atoms with Gasteiger partial charge in [-0.2, -0.15) is 0 Å². The van der Waals surface area contributed by atoms with Crippen molar-refractivity contribution >= 4 is 34.7 Å². The Hall–Kier alpha value is -1.39. The Balaban J connectivity index is 2.17. The van der Waals surface area contributed by atoms with Crippen LogP contribution in [-0.2, 0) is 0 Å². The van der Waals surface area contributed by atoms with Crippen LogP contribution < -0.4 is 5.32 Å². The van der Waals surface area contributed by atoms with Crippen LogP contribution in [0.2, 0.25) is 5.02 Å². The number of nitrogens with one attached hydrogen (secondary N) is 1. The van der Waals surface area contributed by atoms with E-state index in [-0.39, 0.29) is 5.91 Å². The highest BCUT2D eigenvalue weighted by atomic mass is 35.5. The van der Waals surface area contributed by atoms with Crippen LogP contribution in [0.1, 0.15) is 20.1 Å². The maximum Gasteiger partial charge on any atom is 0.257 e. The van der Waals surface area contributed by atoms with Crippen LogP contribution in [0.5, 0.6) is 0 Å². The van der Waals surface area contributed by atoms with Crippen molar-refractivity contribution in [1.29, 1.82) is 0 Å².